The predicted molar refractivity (Wildman–Crippen MR) is 124 cm³/mol. The summed E-state index contributed by atoms with van der Waals surface area (Å²) in [7, 11) is 0. The molecule has 0 atom stereocenters. The maximum Gasteiger partial charge on any atom is 0.234 e. The minimum Gasteiger partial charge on any atom is -0.485 e. The number of nitrogens with zero attached hydrogens (tertiary/aromatic N) is 3. The van der Waals surface area contributed by atoms with Crippen LogP contribution in [0.3, 0.4) is 0 Å². The summed E-state index contributed by atoms with van der Waals surface area (Å²) in [6, 6.07) is 13.9. The molecule has 8 heteroatoms. The van der Waals surface area contributed by atoms with E-state index in [4.69, 9.17) is 4.74 Å². The maximum absolute atomic E-state index is 12.4. The molecule has 0 aliphatic carbocycles. The van der Waals surface area contributed by atoms with Crippen LogP contribution in [0.4, 0.5) is 5.69 Å². The molecule has 0 saturated carbocycles. The van der Waals surface area contributed by atoms with E-state index in [0.717, 1.165) is 33.3 Å². The molecular formula is C22H26N4O2S2. The number of ether oxygens (including phenoxy) is 1. The number of hydrogen-bond acceptors (Lipinski definition) is 6. The molecular weight excluding hydrogens is 416 g/mol. The summed E-state index contributed by atoms with van der Waals surface area (Å²) in [4.78, 5) is 13.5. The topological polar surface area (TPSA) is 69.0 Å². The lowest BCUT2D eigenvalue weighted by Gasteiger charge is -2.12. The van der Waals surface area contributed by atoms with Crippen LogP contribution < -0.4 is 10.1 Å². The van der Waals surface area contributed by atoms with E-state index in [0.29, 0.717) is 18.3 Å². The first-order chi connectivity index (χ1) is 14.5. The number of nitrogens with one attached hydrogen (secondary N) is 1. The second kappa shape index (κ2) is 10.5. The largest absolute Gasteiger partial charge is 0.485 e. The number of carbonyl (C=O) groups excluding carboxylic acids is 1. The van der Waals surface area contributed by atoms with E-state index in [9.17, 15) is 4.79 Å². The average Bonchev–Trinajstić information content (AvgIpc) is 3.14. The van der Waals surface area contributed by atoms with Crippen LogP contribution in [0.2, 0.25) is 0 Å². The molecule has 0 aliphatic rings. The van der Waals surface area contributed by atoms with Gasteiger partial charge in [0.1, 0.15) is 12.4 Å². The zero-order valence-corrected chi connectivity index (χ0v) is 19.3. The third-order valence-corrected chi connectivity index (χ3v) is 6.24. The Morgan fingerprint density at radius 1 is 1.13 bits per heavy atom. The molecule has 1 aromatic heterocycles. The summed E-state index contributed by atoms with van der Waals surface area (Å²) in [6.45, 7) is 7.13. The van der Waals surface area contributed by atoms with Gasteiger partial charge >= 0.3 is 0 Å². The molecule has 0 radical (unpaired) electrons. The quantitative estimate of drug-likeness (QED) is 0.473. The maximum atomic E-state index is 12.4. The van der Waals surface area contributed by atoms with E-state index in [-0.39, 0.29) is 11.7 Å². The molecule has 0 unspecified atom stereocenters. The van der Waals surface area contributed by atoms with E-state index >= 15 is 0 Å². The van der Waals surface area contributed by atoms with Crippen molar-refractivity contribution in [1.29, 1.82) is 0 Å². The molecule has 1 amide bonds. The van der Waals surface area contributed by atoms with Crippen LogP contribution in [-0.4, -0.2) is 32.7 Å². The second-order valence-corrected chi connectivity index (χ2v) is 8.54. The van der Waals surface area contributed by atoms with Gasteiger partial charge in [0.05, 0.1) is 5.75 Å². The lowest BCUT2D eigenvalue weighted by molar-refractivity contribution is -0.113. The molecule has 3 rings (SSSR count). The standard InChI is InChI=1S/C22H26N4O2S2/c1-5-26-19(13-28-21-15(2)8-6-9-16(21)3)24-25-22(26)30-14-20(27)23-17-10-7-11-18(12-17)29-4/h6-12H,5,13-14H2,1-4H3,(H,23,27). The fraction of sp³-hybridized carbons (Fsp3) is 0.318. The van der Waals surface area contributed by atoms with Gasteiger partial charge < -0.3 is 14.6 Å². The molecule has 1 heterocycles. The Labute approximate surface area is 185 Å². The zero-order valence-electron chi connectivity index (χ0n) is 17.6. The fourth-order valence-electron chi connectivity index (χ4n) is 3.04. The van der Waals surface area contributed by atoms with Crippen molar-refractivity contribution >= 4 is 35.1 Å². The summed E-state index contributed by atoms with van der Waals surface area (Å²) in [6.07, 6.45) is 2.01. The third kappa shape index (κ3) is 5.58. The molecule has 0 fully saturated rings. The van der Waals surface area contributed by atoms with E-state index < -0.39 is 0 Å². The number of aromatic nitrogens is 3. The highest BCUT2D eigenvalue weighted by molar-refractivity contribution is 7.99. The smallest absolute Gasteiger partial charge is 0.234 e. The first kappa shape index (κ1) is 22.2. The lowest BCUT2D eigenvalue weighted by Crippen LogP contribution is -2.15. The highest BCUT2D eigenvalue weighted by Crippen LogP contribution is 2.24. The van der Waals surface area contributed by atoms with E-state index in [1.807, 2.05) is 74.1 Å². The highest BCUT2D eigenvalue weighted by Gasteiger charge is 2.15. The number of para-hydroxylation sites is 1. The Hall–Kier alpha value is -2.45. The fourth-order valence-corrected chi connectivity index (χ4v) is 4.32. The van der Waals surface area contributed by atoms with Crippen LogP contribution in [0.15, 0.2) is 52.5 Å². The molecule has 30 heavy (non-hydrogen) atoms. The molecule has 0 spiro atoms. The monoisotopic (exact) mass is 442 g/mol. The van der Waals surface area contributed by atoms with Gasteiger partial charge in [0.25, 0.3) is 0 Å². The number of anilines is 1. The number of thioether (sulfide) groups is 2. The number of hydrogen-bond donors (Lipinski definition) is 1. The summed E-state index contributed by atoms with van der Waals surface area (Å²) in [5, 5.41) is 12.2. The number of carbonyl (C=O) groups is 1. The van der Waals surface area contributed by atoms with Gasteiger partial charge in [0, 0.05) is 17.1 Å². The molecule has 0 bridgehead atoms. The Kier molecular flexibility index (Phi) is 7.81. The number of amides is 1. The number of aryl methyl sites for hydroxylation is 2. The Balaban J connectivity index is 1.60. The van der Waals surface area contributed by atoms with Gasteiger partial charge in [-0.05, 0) is 56.4 Å². The number of benzene rings is 2. The van der Waals surface area contributed by atoms with Crippen LogP contribution in [-0.2, 0) is 17.9 Å². The van der Waals surface area contributed by atoms with Gasteiger partial charge in [-0.3, -0.25) is 4.79 Å². The van der Waals surface area contributed by atoms with Gasteiger partial charge in [0.2, 0.25) is 5.91 Å². The van der Waals surface area contributed by atoms with Gasteiger partial charge in [-0.15, -0.1) is 22.0 Å². The minimum atomic E-state index is -0.0720. The van der Waals surface area contributed by atoms with E-state index in [1.54, 1.807) is 11.8 Å². The Bertz CT molecular complexity index is 1000. The molecule has 0 aliphatic heterocycles. The summed E-state index contributed by atoms with van der Waals surface area (Å²) < 4.78 is 8.01. The summed E-state index contributed by atoms with van der Waals surface area (Å²) >= 11 is 3.02. The van der Waals surface area contributed by atoms with Crippen LogP contribution in [0, 0.1) is 13.8 Å². The van der Waals surface area contributed by atoms with Gasteiger partial charge in [-0.1, -0.05) is 36.0 Å². The van der Waals surface area contributed by atoms with Crippen molar-refractivity contribution in [2.45, 2.75) is 44.0 Å². The van der Waals surface area contributed by atoms with Crippen molar-refractivity contribution < 1.29 is 9.53 Å². The lowest BCUT2D eigenvalue weighted by atomic mass is 10.1. The van der Waals surface area contributed by atoms with Crippen LogP contribution >= 0.6 is 23.5 Å². The third-order valence-electron chi connectivity index (χ3n) is 4.55. The highest BCUT2D eigenvalue weighted by atomic mass is 32.2. The summed E-state index contributed by atoms with van der Waals surface area (Å²) in [5.41, 5.74) is 2.98. The zero-order chi connectivity index (χ0) is 21.5. The van der Waals surface area contributed by atoms with Crippen LogP contribution in [0.1, 0.15) is 23.9 Å². The van der Waals surface area contributed by atoms with E-state index in [2.05, 4.69) is 15.5 Å². The van der Waals surface area contributed by atoms with Crippen molar-refractivity contribution in [3.05, 3.63) is 59.4 Å². The summed E-state index contributed by atoms with van der Waals surface area (Å²) in [5.74, 6) is 1.82. The predicted octanol–water partition coefficient (Wildman–Crippen LogP) is 4.95. The molecule has 6 nitrogen and oxygen atoms in total. The van der Waals surface area contributed by atoms with Crippen molar-refractivity contribution in [3.63, 3.8) is 0 Å². The van der Waals surface area contributed by atoms with Gasteiger partial charge in [-0.2, -0.15) is 0 Å². The molecule has 3 aromatic rings. The molecule has 1 N–H and O–H groups in total. The molecule has 158 valence electrons. The van der Waals surface area contributed by atoms with E-state index in [1.165, 1.54) is 11.8 Å². The van der Waals surface area contributed by atoms with Gasteiger partial charge in [-0.25, -0.2) is 0 Å². The average molecular weight is 443 g/mol. The van der Waals surface area contributed by atoms with Crippen LogP contribution in [0.5, 0.6) is 5.75 Å². The SMILES string of the molecule is CCn1c(COc2c(C)cccc2C)nnc1SCC(=O)Nc1cccc(SC)c1. The van der Waals surface area contributed by atoms with Crippen molar-refractivity contribution in [2.75, 3.05) is 17.3 Å². The normalized spacial score (nSPS) is 10.8. The minimum absolute atomic E-state index is 0.0720. The Morgan fingerprint density at radius 2 is 1.87 bits per heavy atom. The molecule has 0 saturated heterocycles. The number of rotatable bonds is 9. The van der Waals surface area contributed by atoms with Crippen molar-refractivity contribution in [3.8, 4) is 5.75 Å². The van der Waals surface area contributed by atoms with Gasteiger partial charge in [0.15, 0.2) is 11.0 Å². The van der Waals surface area contributed by atoms with Crippen LogP contribution in [0.25, 0.3) is 0 Å². The molecule has 2 aromatic carbocycles. The van der Waals surface area contributed by atoms with Crippen molar-refractivity contribution in [1.82, 2.24) is 14.8 Å². The van der Waals surface area contributed by atoms with Crippen molar-refractivity contribution in [2.24, 2.45) is 0 Å². The Morgan fingerprint density at radius 3 is 2.57 bits per heavy atom. The first-order valence-electron chi connectivity index (χ1n) is 9.69. The second-order valence-electron chi connectivity index (χ2n) is 6.72. The first-order valence-corrected chi connectivity index (χ1v) is 11.9.